The monoisotopic (exact) mass is 526 g/mol. The third-order valence-electron chi connectivity index (χ3n) is 5.24. The van der Waals surface area contributed by atoms with Crippen LogP contribution in [0, 0.1) is 5.82 Å². The van der Waals surface area contributed by atoms with Gasteiger partial charge in [-0.25, -0.2) is 4.39 Å². The molecule has 0 aliphatic heterocycles. The Morgan fingerprint density at radius 3 is 2.38 bits per heavy atom. The summed E-state index contributed by atoms with van der Waals surface area (Å²) in [5, 5.41) is 2.94. The van der Waals surface area contributed by atoms with Gasteiger partial charge >= 0.3 is 0 Å². The first-order valence-electron chi connectivity index (χ1n) is 11.2. The lowest BCUT2D eigenvalue weighted by molar-refractivity contribution is -0.142. The molecule has 0 radical (unpaired) electrons. The number of halogens is 2. The number of hydrogen-bond acceptors (Lipinski definition) is 3. The van der Waals surface area contributed by atoms with Crippen LogP contribution in [0.3, 0.4) is 0 Å². The maximum Gasteiger partial charge on any atom is 0.261 e. The highest BCUT2D eigenvalue weighted by Crippen LogP contribution is 2.19. The summed E-state index contributed by atoms with van der Waals surface area (Å²) in [4.78, 5) is 28.2. The predicted molar refractivity (Wildman–Crippen MR) is 134 cm³/mol. The van der Waals surface area contributed by atoms with Crippen molar-refractivity contribution in [3.8, 4) is 5.75 Å². The van der Waals surface area contributed by atoms with Crippen molar-refractivity contribution in [2.24, 2.45) is 0 Å². The molecule has 1 N–H and O–H groups in total. The maximum absolute atomic E-state index is 13.4. The van der Waals surface area contributed by atoms with E-state index in [0.717, 1.165) is 22.0 Å². The molecular weight excluding hydrogens is 499 g/mol. The zero-order valence-corrected chi connectivity index (χ0v) is 20.6. The van der Waals surface area contributed by atoms with E-state index in [9.17, 15) is 14.0 Å². The minimum absolute atomic E-state index is 0.212. The van der Waals surface area contributed by atoms with Gasteiger partial charge in [-0.2, -0.15) is 0 Å². The number of carbonyl (C=O) groups excluding carboxylic acids is 2. The highest BCUT2D eigenvalue weighted by Gasteiger charge is 2.30. The molecular formula is C27H28BrFN2O3. The zero-order valence-electron chi connectivity index (χ0n) is 19.0. The van der Waals surface area contributed by atoms with Crippen molar-refractivity contribution in [1.82, 2.24) is 10.2 Å². The summed E-state index contributed by atoms with van der Waals surface area (Å²) in [7, 11) is 0. The van der Waals surface area contributed by atoms with Crippen molar-refractivity contribution in [2.75, 3.05) is 13.2 Å². The first-order valence-corrected chi connectivity index (χ1v) is 12.0. The molecule has 3 aromatic rings. The molecule has 0 saturated heterocycles. The highest BCUT2D eigenvalue weighted by atomic mass is 79.9. The fourth-order valence-corrected chi connectivity index (χ4v) is 3.96. The van der Waals surface area contributed by atoms with Crippen molar-refractivity contribution in [3.05, 3.63) is 100 Å². The average molecular weight is 527 g/mol. The van der Waals surface area contributed by atoms with Crippen molar-refractivity contribution in [3.63, 3.8) is 0 Å². The molecule has 3 aromatic carbocycles. The lowest BCUT2D eigenvalue weighted by Gasteiger charge is -2.31. The van der Waals surface area contributed by atoms with Crippen LogP contribution in [-0.2, 0) is 22.6 Å². The summed E-state index contributed by atoms with van der Waals surface area (Å²) < 4.78 is 19.7. The van der Waals surface area contributed by atoms with Crippen LogP contribution in [0.4, 0.5) is 4.39 Å². The van der Waals surface area contributed by atoms with Crippen molar-refractivity contribution in [2.45, 2.75) is 32.4 Å². The summed E-state index contributed by atoms with van der Waals surface area (Å²) in [6.45, 7) is 2.47. The summed E-state index contributed by atoms with van der Waals surface area (Å²) in [6.07, 6.45) is 1.16. The smallest absolute Gasteiger partial charge is 0.261 e. The fraction of sp³-hybridized carbons (Fsp3) is 0.259. The number of rotatable bonds is 11. The Morgan fingerprint density at radius 1 is 1.00 bits per heavy atom. The van der Waals surface area contributed by atoms with E-state index in [0.29, 0.717) is 18.7 Å². The second-order valence-corrected chi connectivity index (χ2v) is 8.81. The quantitative estimate of drug-likeness (QED) is 0.376. The molecule has 0 saturated carbocycles. The van der Waals surface area contributed by atoms with E-state index in [1.165, 1.54) is 24.3 Å². The Morgan fingerprint density at radius 2 is 1.71 bits per heavy atom. The molecule has 2 amide bonds. The third kappa shape index (κ3) is 7.70. The number of nitrogens with one attached hydrogen (secondary N) is 1. The van der Waals surface area contributed by atoms with Crippen molar-refractivity contribution >= 4 is 27.7 Å². The Bertz CT molecular complexity index is 1080. The number of hydrogen-bond donors (Lipinski definition) is 1. The minimum atomic E-state index is -0.725. The normalized spacial score (nSPS) is 11.5. The molecule has 3 rings (SSSR count). The van der Waals surface area contributed by atoms with Crippen molar-refractivity contribution < 1.29 is 18.7 Å². The van der Waals surface area contributed by atoms with Crippen LogP contribution >= 0.6 is 15.9 Å². The van der Waals surface area contributed by atoms with Crippen LogP contribution in [0.5, 0.6) is 5.75 Å². The van der Waals surface area contributed by atoms with Crippen LogP contribution in [0.15, 0.2) is 83.3 Å². The number of amides is 2. The van der Waals surface area contributed by atoms with Crippen LogP contribution in [-0.4, -0.2) is 35.9 Å². The van der Waals surface area contributed by atoms with Gasteiger partial charge in [0.05, 0.1) is 0 Å². The van der Waals surface area contributed by atoms with Gasteiger partial charge in [0.2, 0.25) is 5.91 Å². The second kappa shape index (κ2) is 12.9. The summed E-state index contributed by atoms with van der Waals surface area (Å²) in [6, 6.07) is 22.0. The molecule has 1 atom stereocenters. The van der Waals surface area contributed by atoms with Crippen LogP contribution in [0.2, 0.25) is 0 Å². The van der Waals surface area contributed by atoms with Crippen LogP contribution in [0.25, 0.3) is 0 Å². The second-order valence-electron chi connectivity index (χ2n) is 7.89. The fourth-order valence-electron chi connectivity index (χ4n) is 3.51. The molecule has 0 spiro atoms. The van der Waals surface area contributed by atoms with E-state index in [1.807, 2.05) is 61.5 Å². The van der Waals surface area contributed by atoms with E-state index < -0.39 is 6.04 Å². The molecule has 1 unspecified atom stereocenters. The van der Waals surface area contributed by atoms with Gasteiger partial charge < -0.3 is 15.0 Å². The first kappa shape index (κ1) is 25.4. The van der Waals surface area contributed by atoms with Gasteiger partial charge in [0.25, 0.3) is 5.91 Å². The molecule has 0 aliphatic carbocycles. The first-order chi connectivity index (χ1) is 16.5. The molecule has 178 valence electrons. The lowest BCUT2D eigenvalue weighted by atomic mass is 10.0. The predicted octanol–water partition coefficient (Wildman–Crippen LogP) is 5.13. The van der Waals surface area contributed by atoms with Gasteiger partial charge in [0.15, 0.2) is 6.61 Å². The largest absolute Gasteiger partial charge is 0.484 e. The summed E-state index contributed by atoms with van der Waals surface area (Å²) >= 11 is 3.47. The molecule has 0 fully saturated rings. The van der Waals surface area contributed by atoms with Crippen LogP contribution < -0.4 is 10.1 Å². The van der Waals surface area contributed by atoms with Gasteiger partial charge in [-0.3, -0.25) is 9.59 Å². The molecule has 0 aliphatic rings. The zero-order chi connectivity index (χ0) is 24.3. The molecule has 7 heteroatoms. The highest BCUT2D eigenvalue weighted by molar-refractivity contribution is 9.10. The standard InChI is InChI=1S/C27H28BrFN2O3/c1-2-15-30-27(33)25(17-20-7-4-3-5-8-20)31(18-21-9-6-10-22(28)16-21)26(32)19-34-24-13-11-23(29)12-14-24/h3-14,16,25H,2,15,17-19H2,1H3,(H,30,33). The molecule has 34 heavy (non-hydrogen) atoms. The number of ether oxygens (including phenoxy) is 1. The third-order valence-corrected chi connectivity index (χ3v) is 5.73. The topological polar surface area (TPSA) is 58.6 Å². The minimum Gasteiger partial charge on any atom is -0.484 e. The number of nitrogens with zero attached hydrogens (tertiary/aromatic N) is 1. The van der Waals surface area contributed by atoms with Gasteiger partial charge in [-0.05, 0) is 53.9 Å². The summed E-state index contributed by atoms with van der Waals surface area (Å²) in [5.41, 5.74) is 1.83. The molecule has 0 bridgehead atoms. The lowest BCUT2D eigenvalue weighted by Crippen LogP contribution is -2.51. The Labute approximate surface area is 208 Å². The average Bonchev–Trinajstić information content (AvgIpc) is 2.85. The van der Waals surface area contributed by atoms with E-state index in [2.05, 4.69) is 21.2 Å². The van der Waals surface area contributed by atoms with Gasteiger partial charge in [-0.15, -0.1) is 0 Å². The van der Waals surface area contributed by atoms with E-state index >= 15 is 0 Å². The molecule has 0 aromatic heterocycles. The van der Waals surface area contributed by atoms with Gasteiger partial charge in [0.1, 0.15) is 17.6 Å². The van der Waals surface area contributed by atoms with E-state index in [-0.39, 0.29) is 30.8 Å². The SMILES string of the molecule is CCCNC(=O)C(Cc1ccccc1)N(Cc1cccc(Br)c1)C(=O)COc1ccc(F)cc1. The Kier molecular flexibility index (Phi) is 9.64. The maximum atomic E-state index is 13.4. The summed E-state index contributed by atoms with van der Waals surface area (Å²) in [5.74, 6) is -0.551. The Hall–Kier alpha value is -3.19. The van der Waals surface area contributed by atoms with E-state index in [4.69, 9.17) is 4.74 Å². The van der Waals surface area contributed by atoms with Crippen molar-refractivity contribution in [1.29, 1.82) is 0 Å². The number of carbonyl (C=O) groups is 2. The number of benzene rings is 3. The molecule has 5 nitrogen and oxygen atoms in total. The van der Waals surface area contributed by atoms with Gasteiger partial charge in [-0.1, -0.05) is 65.3 Å². The Balaban J connectivity index is 1.88. The van der Waals surface area contributed by atoms with E-state index in [1.54, 1.807) is 4.90 Å². The van der Waals surface area contributed by atoms with Gasteiger partial charge in [0, 0.05) is 24.0 Å². The molecule has 0 heterocycles. The van der Waals surface area contributed by atoms with Crippen LogP contribution in [0.1, 0.15) is 24.5 Å².